The summed E-state index contributed by atoms with van der Waals surface area (Å²) in [6.07, 6.45) is -1.00. The normalized spacial score (nSPS) is 14.0. The van der Waals surface area contributed by atoms with Crippen molar-refractivity contribution in [2.24, 2.45) is 5.92 Å². The van der Waals surface area contributed by atoms with E-state index in [0.717, 1.165) is 0 Å². The van der Waals surface area contributed by atoms with Crippen LogP contribution in [0, 0.1) is 5.92 Å². The van der Waals surface area contributed by atoms with Gasteiger partial charge < -0.3 is 38.6 Å². The lowest BCUT2D eigenvalue weighted by atomic mass is 9.86. The Morgan fingerprint density at radius 1 is 1.00 bits per heavy atom. The van der Waals surface area contributed by atoms with Gasteiger partial charge in [0.1, 0.15) is 0 Å². The minimum atomic E-state index is -1.00. The second kappa shape index (κ2) is 9.36. The molecule has 0 saturated carbocycles. The molecule has 1 heterocycles. The van der Waals surface area contributed by atoms with Crippen molar-refractivity contribution in [3.8, 4) is 45.6 Å². The maximum Gasteiger partial charge on any atom is 0.231 e. The van der Waals surface area contributed by atoms with Crippen molar-refractivity contribution in [3.05, 3.63) is 35.9 Å². The fraction of sp³-hybridized carbons (Fsp3) is 0.391. The maximum absolute atomic E-state index is 11.2. The van der Waals surface area contributed by atoms with Crippen LogP contribution in [0.1, 0.15) is 18.6 Å². The molecule has 168 valence electrons. The van der Waals surface area contributed by atoms with Crippen molar-refractivity contribution in [1.82, 2.24) is 0 Å². The quantitative estimate of drug-likeness (QED) is 0.583. The molecular formula is C23H28O8. The first-order valence-electron chi connectivity index (χ1n) is 9.69. The minimum absolute atomic E-state index is 0.0405. The summed E-state index contributed by atoms with van der Waals surface area (Å²) in [7, 11) is 6.10. The predicted octanol–water partition coefficient (Wildman–Crippen LogP) is 3.33. The Morgan fingerprint density at radius 3 is 2.13 bits per heavy atom. The van der Waals surface area contributed by atoms with E-state index in [0.29, 0.717) is 56.8 Å². The van der Waals surface area contributed by atoms with Crippen molar-refractivity contribution in [2.75, 3.05) is 41.8 Å². The molecule has 8 nitrogen and oxygen atoms in total. The SMILES string of the molecule is C=C(CO)[C@H](C)[C@@H](O)c1cc2c(c(OC)c1-c1cc(OC)c(OC)c(OC)c1)OCO2. The summed E-state index contributed by atoms with van der Waals surface area (Å²) >= 11 is 0. The van der Waals surface area contributed by atoms with Gasteiger partial charge in [-0.25, -0.2) is 0 Å². The highest BCUT2D eigenvalue weighted by molar-refractivity contribution is 5.83. The largest absolute Gasteiger partial charge is 0.493 e. The number of rotatable bonds is 9. The molecule has 0 radical (unpaired) electrons. The molecule has 0 saturated heterocycles. The molecule has 0 amide bonds. The van der Waals surface area contributed by atoms with Crippen LogP contribution < -0.4 is 28.4 Å². The van der Waals surface area contributed by atoms with Crippen LogP contribution in [0.3, 0.4) is 0 Å². The minimum Gasteiger partial charge on any atom is -0.493 e. The van der Waals surface area contributed by atoms with Crippen LogP contribution in [-0.2, 0) is 0 Å². The lowest BCUT2D eigenvalue weighted by molar-refractivity contribution is 0.127. The third-order valence-corrected chi connectivity index (χ3v) is 5.45. The van der Waals surface area contributed by atoms with Gasteiger partial charge in [-0.05, 0) is 34.9 Å². The van der Waals surface area contributed by atoms with Crippen LogP contribution >= 0.6 is 0 Å². The van der Waals surface area contributed by atoms with Gasteiger partial charge in [-0.3, -0.25) is 0 Å². The summed E-state index contributed by atoms with van der Waals surface area (Å²) in [6, 6.07) is 5.25. The van der Waals surface area contributed by atoms with Crippen LogP contribution in [0.2, 0.25) is 0 Å². The Balaban J connectivity index is 2.32. The van der Waals surface area contributed by atoms with Crippen molar-refractivity contribution in [1.29, 1.82) is 0 Å². The standard InChI is InChI=1S/C23H28O8/c1-12(10-24)13(2)20(25)15-9-18-22(31-11-30-18)23(29-6)19(15)14-7-16(26-3)21(28-5)17(8-14)27-4/h7-9,13,20,24-25H,1,10-11H2,2-6H3/t13-,20+/m0/s1. The molecule has 1 aliphatic heterocycles. The molecule has 31 heavy (non-hydrogen) atoms. The van der Waals surface area contributed by atoms with Gasteiger partial charge in [-0.1, -0.05) is 13.5 Å². The summed E-state index contributed by atoms with van der Waals surface area (Å²) < 4.78 is 33.3. The van der Waals surface area contributed by atoms with E-state index >= 15 is 0 Å². The number of aliphatic hydroxyl groups excluding tert-OH is 2. The fourth-order valence-corrected chi connectivity index (χ4v) is 3.62. The molecule has 2 N–H and O–H groups in total. The molecule has 1 aliphatic rings. The highest BCUT2D eigenvalue weighted by atomic mass is 16.7. The monoisotopic (exact) mass is 432 g/mol. The van der Waals surface area contributed by atoms with E-state index in [1.165, 1.54) is 28.4 Å². The summed E-state index contributed by atoms with van der Waals surface area (Å²) in [5.41, 5.74) is 2.26. The highest BCUT2D eigenvalue weighted by Gasteiger charge is 2.32. The van der Waals surface area contributed by atoms with E-state index < -0.39 is 12.0 Å². The summed E-state index contributed by atoms with van der Waals surface area (Å²) in [5.74, 6) is 2.21. The van der Waals surface area contributed by atoms with E-state index in [2.05, 4.69) is 6.58 Å². The Kier molecular flexibility index (Phi) is 6.82. The Hall–Kier alpha value is -3.10. The molecule has 0 bridgehead atoms. The molecule has 8 heteroatoms. The molecule has 0 spiro atoms. The van der Waals surface area contributed by atoms with Crippen molar-refractivity contribution < 1.29 is 38.6 Å². The zero-order valence-corrected chi connectivity index (χ0v) is 18.4. The van der Waals surface area contributed by atoms with E-state index in [-0.39, 0.29) is 13.4 Å². The van der Waals surface area contributed by atoms with Crippen LogP contribution in [-0.4, -0.2) is 52.1 Å². The third-order valence-electron chi connectivity index (χ3n) is 5.45. The van der Waals surface area contributed by atoms with E-state index in [1.54, 1.807) is 25.1 Å². The molecule has 3 rings (SSSR count). The number of aliphatic hydroxyl groups is 2. The molecule has 0 aromatic heterocycles. The first kappa shape index (κ1) is 22.6. The van der Waals surface area contributed by atoms with Crippen molar-refractivity contribution >= 4 is 0 Å². The molecule has 2 atom stereocenters. The molecule has 2 aromatic rings. The maximum atomic E-state index is 11.2. The Labute approximate surface area is 181 Å². The molecule has 2 aromatic carbocycles. The van der Waals surface area contributed by atoms with Crippen LogP contribution in [0.4, 0.5) is 0 Å². The predicted molar refractivity (Wildman–Crippen MR) is 115 cm³/mol. The number of methoxy groups -OCH3 is 4. The molecular weight excluding hydrogens is 404 g/mol. The third kappa shape index (κ3) is 3.96. The van der Waals surface area contributed by atoms with Gasteiger partial charge >= 0.3 is 0 Å². The Morgan fingerprint density at radius 2 is 1.61 bits per heavy atom. The van der Waals surface area contributed by atoms with Crippen LogP contribution in [0.15, 0.2) is 30.4 Å². The van der Waals surface area contributed by atoms with Gasteiger partial charge in [0.25, 0.3) is 0 Å². The average Bonchev–Trinajstić information content (AvgIpc) is 3.28. The van der Waals surface area contributed by atoms with Gasteiger partial charge in [0.05, 0.1) is 41.2 Å². The number of hydrogen-bond donors (Lipinski definition) is 2. The fourth-order valence-electron chi connectivity index (χ4n) is 3.62. The van der Waals surface area contributed by atoms with Gasteiger partial charge in [-0.15, -0.1) is 0 Å². The van der Waals surface area contributed by atoms with Gasteiger partial charge in [0.15, 0.2) is 23.0 Å². The lowest BCUT2D eigenvalue weighted by Gasteiger charge is -2.25. The summed E-state index contributed by atoms with van der Waals surface area (Å²) in [5, 5.41) is 20.7. The van der Waals surface area contributed by atoms with Gasteiger partial charge in [0.2, 0.25) is 18.3 Å². The van der Waals surface area contributed by atoms with E-state index in [4.69, 9.17) is 28.4 Å². The highest BCUT2D eigenvalue weighted by Crippen LogP contribution is 2.53. The zero-order valence-electron chi connectivity index (χ0n) is 18.4. The lowest BCUT2D eigenvalue weighted by Crippen LogP contribution is -2.15. The van der Waals surface area contributed by atoms with Gasteiger partial charge in [-0.2, -0.15) is 0 Å². The van der Waals surface area contributed by atoms with Crippen LogP contribution in [0.5, 0.6) is 34.5 Å². The molecule has 0 unspecified atom stereocenters. The number of benzene rings is 2. The molecule has 0 aliphatic carbocycles. The second-order valence-corrected chi connectivity index (χ2v) is 7.07. The zero-order chi connectivity index (χ0) is 22.7. The smallest absolute Gasteiger partial charge is 0.231 e. The first-order chi connectivity index (χ1) is 14.9. The van der Waals surface area contributed by atoms with Crippen LogP contribution in [0.25, 0.3) is 11.1 Å². The number of hydrogen-bond acceptors (Lipinski definition) is 8. The topological polar surface area (TPSA) is 95.8 Å². The van der Waals surface area contributed by atoms with Crippen molar-refractivity contribution in [3.63, 3.8) is 0 Å². The van der Waals surface area contributed by atoms with Crippen molar-refractivity contribution in [2.45, 2.75) is 13.0 Å². The average molecular weight is 432 g/mol. The number of fused-ring (bicyclic) bond motifs is 1. The van der Waals surface area contributed by atoms with E-state index in [9.17, 15) is 10.2 Å². The summed E-state index contributed by atoms with van der Waals surface area (Å²) in [4.78, 5) is 0. The first-order valence-corrected chi connectivity index (χ1v) is 9.69. The van der Waals surface area contributed by atoms with Gasteiger partial charge in [0, 0.05) is 11.5 Å². The van der Waals surface area contributed by atoms with E-state index in [1.807, 2.05) is 0 Å². The Bertz CT molecular complexity index is 944. The second-order valence-electron chi connectivity index (χ2n) is 7.07. The number of ether oxygens (including phenoxy) is 6. The summed E-state index contributed by atoms with van der Waals surface area (Å²) in [6.45, 7) is 5.46. The molecule has 0 fully saturated rings.